The van der Waals surface area contributed by atoms with Gasteiger partial charge in [0.05, 0.1) is 10.9 Å². The van der Waals surface area contributed by atoms with Crippen LogP contribution in [-0.4, -0.2) is 31.7 Å². The van der Waals surface area contributed by atoms with Crippen LogP contribution in [-0.2, 0) is 21.2 Å². The highest BCUT2D eigenvalue weighted by Gasteiger charge is 2.32. The summed E-state index contributed by atoms with van der Waals surface area (Å²) >= 11 is 5.85. The number of halogens is 1. The fourth-order valence-corrected chi connectivity index (χ4v) is 5.17. The van der Waals surface area contributed by atoms with Crippen LogP contribution in [0.1, 0.15) is 43.9 Å². The largest absolute Gasteiger partial charge is 0.349 e. The van der Waals surface area contributed by atoms with Crippen molar-refractivity contribution in [3.63, 3.8) is 0 Å². The summed E-state index contributed by atoms with van der Waals surface area (Å²) in [5.41, 5.74) is 2.33. The number of aryl methyl sites for hydroxylation is 1. The van der Waals surface area contributed by atoms with Gasteiger partial charge in [0.15, 0.2) is 0 Å². The molecule has 1 saturated heterocycles. The zero-order valence-electron chi connectivity index (χ0n) is 16.8. The third-order valence-corrected chi connectivity index (χ3v) is 7.69. The van der Waals surface area contributed by atoms with Crippen LogP contribution < -0.4 is 5.32 Å². The van der Waals surface area contributed by atoms with E-state index < -0.39 is 10.0 Å². The van der Waals surface area contributed by atoms with E-state index in [0.717, 1.165) is 12.0 Å². The van der Waals surface area contributed by atoms with Gasteiger partial charge in [-0.05, 0) is 61.6 Å². The molecule has 0 spiro atoms. The van der Waals surface area contributed by atoms with Gasteiger partial charge < -0.3 is 5.32 Å². The fourth-order valence-electron chi connectivity index (χ4n) is 3.57. The van der Waals surface area contributed by atoms with Crippen molar-refractivity contribution in [2.24, 2.45) is 5.92 Å². The summed E-state index contributed by atoms with van der Waals surface area (Å²) in [6, 6.07) is 14.4. The molecular formula is C22H27ClN2O3S. The number of benzene rings is 2. The molecule has 1 heterocycles. The van der Waals surface area contributed by atoms with Crippen molar-refractivity contribution in [2.45, 2.75) is 44.0 Å². The number of sulfonamides is 1. The maximum atomic E-state index is 12.8. The first-order valence-electron chi connectivity index (χ1n) is 9.96. The van der Waals surface area contributed by atoms with Crippen molar-refractivity contribution in [1.82, 2.24) is 9.62 Å². The number of rotatable bonds is 6. The molecule has 2 aromatic carbocycles. The average Bonchev–Trinajstić information content (AvgIpc) is 2.74. The molecule has 0 aliphatic carbocycles. The fraction of sp³-hybridized carbons (Fsp3) is 0.409. The van der Waals surface area contributed by atoms with Gasteiger partial charge in [0, 0.05) is 24.0 Å². The third kappa shape index (κ3) is 5.18. The molecule has 2 aromatic rings. The first kappa shape index (κ1) is 21.8. The van der Waals surface area contributed by atoms with Crippen molar-refractivity contribution in [2.75, 3.05) is 13.1 Å². The van der Waals surface area contributed by atoms with E-state index in [-0.39, 0.29) is 22.8 Å². The lowest BCUT2D eigenvalue weighted by atomic mass is 9.96. The van der Waals surface area contributed by atoms with Crippen molar-refractivity contribution in [1.29, 1.82) is 0 Å². The lowest BCUT2D eigenvalue weighted by molar-refractivity contribution is -0.126. The Kier molecular flexibility index (Phi) is 6.98. The van der Waals surface area contributed by atoms with E-state index in [1.54, 1.807) is 12.1 Å². The van der Waals surface area contributed by atoms with Crippen molar-refractivity contribution >= 4 is 27.5 Å². The van der Waals surface area contributed by atoms with Crippen LogP contribution in [0.3, 0.4) is 0 Å². The molecule has 0 aromatic heterocycles. The molecule has 1 aliphatic rings. The maximum absolute atomic E-state index is 12.8. The van der Waals surface area contributed by atoms with Crippen LogP contribution in [0.2, 0.25) is 5.02 Å². The number of nitrogens with zero attached hydrogens (tertiary/aromatic N) is 1. The maximum Gasteiger partial charge on any atom is 0.243 e. The summed E-state index contributed by atoms with van der Waals surface area (Å²) < 4.78 is 27.0. The number of amides is 1. The summed E-state index contributed by atoms with van der Waals surface area (Å²) in [6.07, 6.45) is 2.01. The highest BCUT2D eigenvalue weighted by atomic mass is 35.5. The molecule has 1 aliphatic heterocycles. The smallest absolute Gasteiger partial charge is 0.243 e. The van der Waals surface area contributed by atoms with Gasteiger partial charge in [-0.25, -0.2) is 8.42 Å². The Balaban J connectivity index is 1.56. The zero-order valence-corrected chi connectivity index (χ0v) is 18.3. The quantitative estimate of drug-likeness (QED) is 0.741. The summed E-state index contributed by atoms with van der Waals surface area (Å²) in [5, 5.41) is 3.57. The highest BCUT2D eigenvalue weighted by Crippen LogP contribution is 2.25. The average molecular weight is 435 g/mol. The molecule has 1 amide bonds. The van der Waals surface area contributed by atoms with Crippen LogP contribution >= 0.6 is 11.6 Å². The van der Waals surface area contributed by atoms with Gasteiger partial charge in [0.25, 0.3) is 0 Å². The molecule has 0 bridgehead atoms. The Morgan fingerprint density at radius 3 is 2.24 bits per heavy atom. The Bertz CT molecular complexity index is 935. The van der Waals surface area contributed by atoms with Crippen LogP contribution in [0, 0.1) is 5.92 Å². The van der Waals surface area contributed by atoms with Crippen LogP contribution in [0.15, 0.2) is 53.4 Å². The Morgan fingerprint density at radius 2 is 1.69 bits per heavy atom. The van der Waals surface area contributed by atoms with Gasteiger partial charge in [-0.15, -0.1) is 0 Å². The van der Waals surface area contributed by atoms with Crippen LogP contribution in [0.25, 0.3) is 0 Å². The van der Waals surface area contributed by atoms with Crippen molar-refractivity contribution in [3.05, 3.63) is 64.7 Å². The number of hydrogen-bond donors (Lipinski definition) is 1. The molecule has 1 N–H and O–H groups in total. The van der Waals surface area contributed by atoms with Gasteiger partial charge in [-0.2, -0.15) is 4.31 Å². The molecule has 5 nitrogen and oxygen atoms in total. The highest BCUT2D eigenvalue weighted by molar-refractivity contribution is 7.89. The number of carbonyl (C=O) groups is 1. The first-order chi connectivity index (χ1) is 13.8. The van der Waals surface area contributed by atoms with E-state index in [2.05, 4.69) is 24.4 Å². The third-order valence-electron chi connectivity index (χ3n) is 5.52. The van der Waals surface area contributed by atoms with E-state index in [1.165, 1.54) is 22.0 Å². The molecule has 3 rings (SSSR count). The van der Waals surface area contributed by atoms with Crippen LogP contribution in [0.5, 0.6) is 0 Å². The molecule has 156 valence electrons. The van der Waals surface area contributed by atoms with Crippen molar-refractivity contribution in [3.8, 4) is 0 Å². The minimum absolute atomic E-state index is 0.0133. The number of nitrogens with one attached hydrogen (secondary N) is 1. The normalized spacial score (nSPS) is 17.1. The van der Waals surface area contributed by atoms with Crippen molar-refractivity contribution < 1.29 is 13.2 Å². The minimum Gasteiger partial charge on any atom is -0.349 e. The molecule has 0 radical (unpaired) electrons. The summed E-state index contributed by atoms with van der Waals surface area (Å²) in [4.78, 5) is 12.9. The van der Waals surface area contributed by atoms with E-state index in [0.29, 0.717) is 31.0 Å². The van der Waals surface area contributed by atoms with Gasteiger partial charge >= 0.3 is 0 Å². The number of piperidine rings is 1. The molecule has 29 heavy (non-hydrogen) atoms. The van der Waals surface area contributed by atoms with Crippen LogP contribution in [0.4, 0.5) is 0 Å². The number of carbonyl (C=O) groups excluding carboxylic acids is 1. The topological polar surface area (TPSA) is 66.5 Å². The Labute approximate surface area is 178 Å². The zero-order chi connectivity index (χ0) is 21.0. The standard InChI is InChI=1S/C22H27ClN2O3S/c1-3-17-4-6-18(7-5-17)16(2)24-22(26)19-12-14-25(15-13-19)29(27,28)21-10-8-20(23)9-11-21/h4-11,16,19H,3,12-15H2,1-2H3,(H,24,26)/t16-/m0/s1. The lowest BCUT2D eigenvalue weighted by Gasteiger charge is -2.31. The Morgan fingerprint density at radius 1 is 1.10 bits per heavy atom. The molecule has 7 heteroatoms. The molecule has 1 atom stereocenters. The minimum atomic E-state index is -3.56. The second-order valence-electron chi connectivity index (χ2n) is 7.46. The summed E-state index contributed by atoms with van der Waals surface area (Å²) in [6.45, 7) is 4.75. The summed E-state index contributed by atoms with van der Waals surface area (Å²) in [7, 11) is -3.56. The van der Waals surface area contributed by atoms with E-state index in [1.807, 2.05) is 19.1 Å². The molecular weight excluding hydrogens is 408 g/mol. The van der Waals surface area contributed by atoms with E-state index >= 15 is 0 Å². The molecule has 0 saturated carbocycles. The van der Waals surface area contributed by atoms with E-state index in [4.69, 9.17) is 11.6 Å². The van der Waals surface area contributed by atoms with E-state index in [9.17, 15) is 13.2 Å². The van der Waals surface area contributed by atoms with Gasteiger partial charge in [-0.1, -0.05) is 42.8 Å². The van der Waals surface area contributed by atoms with Gasteiger partial charge in [-0.3, -0.25) is 4.79 Å². The molecule has 0 unspecified atom stereocenters. The van der Waals surface area contributed by atoms with Gasteiger partial charge in [0.2, 0.25) is 15.9 Å². The number of hydrogen-bond acceptors (Lipinski definition) is 3. The monoisotopic (exact) mass is 434 g/mol. The second-order valence-corrected chi connectivity index (χ2v) is 9.83. The lowest BCUT2D eigenvalue weighted by Crippen LogP contribution is -2.43. The molecule has 1 fully saturated rings. The van der Waals surface area contributed by atoms with Gasteiger partial charge in [0.1, 0.15) is 0 Å². The SMILES string of the molecule is CCc1ccc([C@H](C)NC(=O)C2CCN(S(=O)(=O)c3ccc(Cl)cc3)CC2)cc1. The summed E-state index contributed by atoms with van der Waals surface area (Å²) in [5.74, 6) is -0.190. The predicted molar refractivity (Wildman–Crippen MR) is 115 cm³/mol. The first-order valence-corrected chi connectivity index (χ1v) is 11.8. The Hall–Kier alpha value is -1.89. The predicted octanol–water partition coefficient (Wildman–Crippen LogP) is 4.18. The second kappa shape index (κ2) is 9.28.